The molecule has 0 bridgehead atoms. The molecule has 1 aromatic rings. The minimum Gasteiger partial charge on any atom is -0.469 e. The lowest BCUT2D eigenvalue weighted by Crippen LogP contribution is -2.35. The summed E-state index contributed by atoms with van der Waals surface area (Å²) < 4.78 is 4.62. The monoisotopic (exact) mass is 305 g/mol. The number of hydrogen-bond donors (Lipinski definition) is 0. The van der Waals surface area contributed by atoms with Gasteiger partial charge in [0.25, 0.3) is 5.91 Å². The van der Waals surface area contributed by atoms with Gasteiger partial charge in [-0.1, -0.05) is 38.5 Å². The topological polar surface area (TPSA) is 46.6 Å². The zero-order valence-electron chi connectivity index (χ0n) is 13.9. The maximum Gasteiger partial charge on any atom is 0.305 e. The number of amides is 1. The molecule has 0 aliphatic heterocycles. The van der Waals surface area contributed by atoms with E-state index in [9.17, 15) is 9.59 Å². The summed E-state index contributed by atoms with van der Waals surface area (Å²) >= 11 is 0. The number of ether oxygens (including phenoxy) is 1. The summed E-state index contributed by atoms with van der Waals surface area (Å²) in [4.78, 5) is 25.5. The molecule has 1 rings (SSSR count). The Kier molecular flexibility index (Phi) is 8.26. The van der Waals surface area contributed by atoms with Crippen molar-refractivity contribution in [3.63, 3.8) is 0 Å². The molecule has 0 saturated carbocycles. The van der Waals surface area contributed by atoms with Crippen molar-refractivity contribution in [2.24, 2.45) is 5.92 Å². The largest absolute Gasteiger partial charge is 0.469 e. The van der Waals surface area contributed by atoms with E-state index >= 15 is 0 Å². The van der Waals surface area contributed by atoms with Gasteiger partial charge in [-0.3, -0.25) is 9.59 Å². The number of benzene rings is 1. The molecule has 0 spiro atoms. The van der Waals surface area contributed by atoms with Gasteiger partial charge in [0, 0.05) is 25.1 Å². The standard InChI is InChI=1S/C18H27NO3/c1-15(2)14-19(13-9-5-8-12-17(20)22-3)18(21)16-10-6-4-7-11-16/h4,6-7,10-11,15H,5,8-9,12-14H2,1-3H3. The van der Waals surface area contributed by atoms with E-state index in [1.54, 1.807) is 0 Å². The van der Waals surface area contributed by atoms with Crippen molar-refractivity contribution in [3.05, 3.63) is 35.9 Å². The number of nitrogens with zero attached hydrogens (tertiary/aromatic N) is 1. The van der Waals surface area contributed by atoms with Gasteiger partial charge in [0.1, 0.15) is 0 Å². The number of carbonyl (C=O) groups is 2. The van der Waals surface area contributed by atoms with E-state index in [1.165, 1.54) is 7.11 Å². The minimum atomic E-state index is -0.167. The van der Waals surface area contributed by atoms with E-state index in [-0.39, 0.29) is 11.9 Å². The summed E-state index contributed by atoms with van der Waals surface area (Å²) in [5.41, 5.74) is 0.734. The first-order chi connectivity index (χ1) is 10.5. The molecule has 0 radical (unpaired) electrons. The third-order valence-electron chi connectivity index (χ3n) is 3.43. The highest BCUT2D eigenvalue weighted by atomic mass is 16.5. The Labute approximate surface area is 133 Å². The molecule has 1 amide bonds. The van der Waals surface area contributed by atoms with E-state index in [1.807, 2.05) is 35.2 Å². The quantitative estimate of drug-likeness (QED) is 0.518. The third kappa shape index (κ3) is 6.74. The molecule has 4 heteroatoms. The number of methoxy groups -OCH3 is 1. The molecule has 0 aromatic heterocycles. The Morgan fingerprint density at radius 2 is 1.77 bits per heavy atom. The predicted octanol–water partition coefficient (Wildman–Crippen LogP) is 3.52. The van der Waals surface area contributed by atoms with E-state index in [4.69, 9.17) is 0 Å². The fourth-order valence-electron chi connectivity index (χ4n) is 2.33. The second kappa shape index (κ2) is 9.98. The Bertz CT molecular complexity index is 457. The summed E-state index contributed by atoms with van der Waals surface area (Å²) in [5.74, 6) is 0.351. The SMILES string of the molecule is COC(=O)CCCCCN(CC(C)C)C(=O)c1ccccc1. The summed E-state index contributed by atoms with van der Waals surface area (Å²) in [6.45, 7) is 5.71. The lowest BCUT2D eigenvalue weighted by molar-refractivity contribution is -0.140. The van der Waals surface area contributed by atoms with Crippen molar-refractivity contribution in [2.75, 3.05) is 20.2 Å². The molecule has 4 nitrogen and oxygen atoms in total. The highest BCUT2D eigenvalue weighted by molar-refractivity contribution is 5.94. The average Bonchev–Trinajstić information content (AvgIpc) is 2.53. The van der Waals surface area contributed by atoms with Crippen LogP contribution in [-0.2, 0) is 9.53 Å². The Hall–Kier alpha value is -1.84. The molecule has 1 aromatic carbocycles. The second-order valence-electron chi connectivity index (χ2n) is 5.90. The molecule has 0 saturated heterocycles. The predicted molar refractivity (Wildman–Crippen MR) is 87.7 cm³/mol. The Morgan fingerprint density at radius 1 is 1.09 bits per heavy atom. The number of unbranched alkanes of at least 4 members (excludes halogenated alkanes) is 2. The molecule has 0 aliphatic rings. The van der Waals surface area contributed by atoms with Crippen LogP contribution in [0.25, 0.3) is 0 Å². The van der Waals surface area contributed by atoms with E-state index in [0.717, 1.165) is 37.9 Å². The first kappa shape index (κ1) is 18.2. The van der Waals surface area contributed by atoms with Crippen LogP contribution in [0.2, 0.25) is 0 Å². The van der Waals surface area contributed by atoms with Crippen molar-refractivity contribution in [1.82, 2.24) is 4.90 Å². The maximum atomic E-state index is 12.6. The van der Waals surface area contributed by atoms with Gasteiger partial charge in [0.15, 0.2) is 0 Å². The first-order valence-electron chi connectivity index (χ1n) is 7.95. The van der Waals surface area contributed by atoms with Crippen LogP contribution in [-0.4, -0.2) is 37.0 Å². The Morgan fingerprint density at radius 3 is 2.36 bits per heavy atom. The van der Waals surface area contributed by atoms with E-state index in [2.05, 4.69) is 18.6 Å². The molecule has 0 unspecified atom stereocenters. The third-order valence-corrected chi connectivity index (χ3v) is 3.43. The van der Waals surface area contributed by atoms with Crippen LogP contribution in [0.15, 0.2) is 30.3 Å². The van der Waals surface area contributed by atoms with Crippen LogP contribution in [0, 0.1) is 5.92 Å². The summed E-state index contributed by atoms with van der Waals surface area (Å²) in [6.07, 6.45) is 3.09. The van der Waals surface area contributed by atoms with Gasteiger partial charge in [-0.25, -0.2) is 0 Å². The molecule has 22 heavy (non-hydrogen) atoms. The fraction of sp³-hybridized carbons (Fsp3) is 0.556. The molecule has 0 heterocycles. The number of rotatable bonds is 9. The Balaban J connectivity index is 2.47. The highest BCUT2D eigenvalue weighted by Gasteiger charge is 2.16. The average molecular weight is 305 g/mol. The lowest BCUT2D eigenvalue weighted by Gasteiger charge is -2.24. The van der Waals surface area contributed by atoms with Gasteiger partial charge in [-0.2, -0.15) is 0 Å². The lowest BCUT2D eigenvalue weighted by atomic mass is 10.1. The molecule has 122 valence electrons. The first-order valence-corrected chi connectivity index (χ1v) is 7.95. The number of hydrogen-bond acceptors (Lipinski definition) is 3. The van der Waals surface area contributed by atoms with Crippen LogP contribution < -0.4 is 0 Å². The van der Waals surface area contributed by atoms with Crippen LogP contribution in [0.1, 0.15) is 49.9 Å². The maximum absolute atomic E-state index is 12.6. The summed E-state index contributed by atoms with van der Waals surface area (Å²) in [5, 5.41) is 0. The molecular weight excluding hydrogens is 278 g/mol. The van der Waals surface area contributed by atoms with E-state index in [0.29, 0.717) is 12.3 Å². The van der Waals surface area contributed by atoms with Crippen LogP contribution in [0.3, 0.4) is 0 Å². The van der Waals surface area contributed by atoms with Gasteiger partial charge in [-0.15, -0.1) is 0 Å². The normalized spacial score (nSPS) is 10.5. The van der Waals surface area contributed by atoms with Crippen molar-refractivity contribution < 1.29 is 14.3 Å². The number of esters is 1. The van der Waals surface area contributed by atoms with Crippen molar-refractivity contribution >= 4 is 11.9 Å². The van der Waals surface area contributed by atoms with Gasteiger partial charge in [0.05, 0.1) is 7.11 Å². The minimum absolute atomic E-state index is 0.0854. The molecule has 0 aliphatic carbocycles. The van der Waals surface area contributed by atoms with Crippen LogP contribution in [0.5, 0.6) is 0 Å². The molecule has 0 atom stereocenters. The smallest absolute Gasteiger partial charge is 0.305 e. The second-order valence-corrected chi connectivity index (χ2v) is 5.90. The zero-order chi connectivity index (χ0) is 16.4. The van der Waals surface area contributed by atoms with Gasteiger partial charge < -0.3 is 9.64 Å². The fourth-order valence-corrected chi connectivity index (χ4v) is 2.33. The van der Waals surface area contributed by atoms with E-state index < -0.39 is 0 Å². The van der Waals surface area contributed by atoms with Gasteiger partial charge >= 0.3 is 5.97 Å². The van der Waals surface area contributed by atoms with Gasteiger partial charge in [-0.05, 0) is 30.9 Å². The summed E-state index contributed by atoms with van der Waals surface area (Å²) in [6, 6.07) is 9.39. The number of carbonyl (C=O) groups excluding carboxylic acids is 2. The van der Waals surface area contributed by atoms with Crippen LogP contribution in [0.4, 0.5) is 0 Å². The van der Waals surface area contributed by atoms with Gasteiger partial charge in [0.2, 0.25) is 0 Å². The van der Waals surface area contributed by atoms with Crippen molar-refractivity contribution in [1.29, 1.82) is 0 Å². The highest BCUT2D eigenvalue weighted by Crippen LogP contribution is 2.10. The van der Waals surface area contributed by atoms with Crippen molar-refractivity contribution in [3.8, 4) is 0 Å². The zero-order valence-corrected chi connectivity index (χ0v) is 13.9. The molecule has 0 fully saturated rings. The van der Waals surface area contributed by atoms with Crippen molar-refractivity contribution in [2.45, 2.75) is 39.5 Å². The molecular formula is C18H27NO3. The van der Waals surface area contributed by atoms with Crippen LogP contribution >= 0.6 is 0 Å². The molecule has 0 N–H and O–H groups in total. The summed E-state index contributed by atoms with van der Waals surface area (Å²) in [7, 11) is 1.41.